The second kappa shape index (κ2) is 5.53. The average molecular weight is 215 g/mol. The van der Waals surface area contributed by atoms with Gasteiger partial charge in [-0.2, -0.15) is 0 Å². The number of terminal acetylenes is 1. The van der Waals surface area contributed by atoms with E-state index in [4.69, 9.17) is 6.42 Å². The van der Waals surface area contributed by atoms with Crippen LogP contribution in [-0.2, 0) is 0 Å². The van der Waals surface area contributed by atoms with Gasteiger partial charge in [-0.3, -0.25) is 4.98 Å². The second-order valence-electron chi connectivity index (χ2n) is 4.12. The van der Waals surface area contributed by atoms with E-state index in [9.17, 15) is 0 Å². The minimum absolute atomic E-state index is 0.819. The number of aromatic nitrogens is 1. The monoisotopic (exact) mass is 215 g/mol. The van der Waals surface area contributed by atoms with E-state index in [1.807, 2.05) is 12.3 Å². The molecule has 1 aliphatic rings. The molecule has 0 atom stereocenters. The number of hydrogen-bond acceptors (Lipinski definition) is 3. The summed E-state index contributed by atoms with van der Waals surface area (Å²) in [6.07, 6.45) is 14.0. The normalized spacial score (nSPS) is 17.4. The first kappa shape index (κ1) is 11.0. The largest absolute Gasteiger partial charge is 0.317 e. The van der Waals surface area contributed by atoms with E-state index >= 15 is 0 Å². The van der Waals surface area contributed by atoms with Crippen LogP contribution in [0.3, 0.4) is 0 Å². The molecule has 1 aromatic rings. The van der Waals surface area contributed by atoms with Crippen LogP contribution in [0.15, 0.2) is 18.5 Å². The first-order chi connectivity index (χ1) is 7.88. The van der Waals surface area contributed by atoms with Gasteiger partial charge in [0.25, 0.3) is 0 Å². The molecular formula is C13H17N3. The number of hydrazine groups is 1. The molecule has 2 rings (SSSR count). The summed E-state index contributed by atoms with van der Waals surface area (Å²) < 4.78 is 0. The van der Waals surface area contributed by atoms with Gasteiger partial charge >= 0.3 is 0 Å². The number of pyridine rings is 1. The van der Waals surface area contributed by atoms with Gasteiger partial charge in [-0.25, -0.2) is 5.01 Å². The molecule has 3 nitrogen and oxygen atoms in total. The van der Waals surface area contributed by atoms with Crippen molar-refractivity contribution in [1.29, 1.82) is 0 Å². The van der Waals surface area contributed by atoms with Crippen molar-refractivity contribution in [2.45, 2.75) is 25.7 Å². The Balaban J connectivity index is 1.99. The summed E-state index contributed by atoms with van der Waals surface area (Å²) in [6.45, 7) is 2.20. The fourth-order valence-corrected chi connectivity index (χ4v) is 1.95. The number of anilines is 1. The van der Waals surface area contributed by atoms with Crippen LogP contribution in [0, 0.1) is 12.3 Å². The molecule has 1 saturated heterocycles. The van der Waals surface area contributed by atoms with Crippen LogP contribution in [0.1, 0.15) is 31.2 Å². The van der Waals surface area contributed by atoms with Crippen molar-refractivity contribution < 1.29 is 0 Å². The van der Waals surface area contributed by atoms with Gasteiger partial charge in [0.2, 0.25) is 0 Å². The van der Waals surface area contributed by atoms with Crippen molar-refractivity contribution in [3.05, 3.63) is 24.0 Å². The predicted molar refractivity (Wildman–Crippen MR) is 65.8 cm³/mol. The Morgan fingerprint density at radius 3 is 2.62 bits per heavy atom. The van der Waals surface area contributed by atoms with Crippen LogP contribution in [0.2, 0.25) is 0 Å². The number of nitrogens with zero attached hydrogens (tertiary/aromatic N) is 2. The molecule has 1 N–H and O–H groups in total. The third-order valence-electron chi connectivity index (χ3n) is 2.80. The van der Waals surface area contributed by atoms with Crippen LogP contribution in [-0.4, -0.2) is 23.1 Å². The second-order valence-corrected chi connectivity index (χ2v) is 4.12. The molecule has 1 aliphatic heterocycles. The minimum Gasteiger partial charge on any atom is -0.317 e. The highest BCUT2D eigenvalue weighted by Crippen LogP contribution is 2.13. The molecule has 2 heterocycles. The topological polar surface area (TPSA) is 28.2 Å². The van der Waals surface area contributed by atoms with E-state index < -0.39 is 0 Å². The molecule has 0 bridgehead atoms. The summed E-state index contributed by atoms with van der Waals surface area (Å²) in [7, 11) is 0. The Kier molecular flexibility index (Phi) is 3.79. The molecule has 3 heteroatoms. The molecule has 0 spiro atoms. The zero-order valence-corrected chi connectivity index (χ0v) is 9.45. The maximum Gasteiger partial charge on any atom is 0.0685 e. The fourth-order valence-electron chi connectivity index (χ4n) is 1.95. The van der Waals surface area contributed by atoms with Crippen LogP contribution in [0.4, 0.5) is 5.69 Å². The zero-order valence-electron chi connectivity index (χ0n) is 9.45. The lowest BCUT2D eigenvalue weighted by Crippen LogP contribution is -2.30. The van der Waals surface area contributed by atoms with Crippen molar-refractivity contribution in [1.82, 2.24) is 9.99 Å². The van der Waals surface area contributed by atoms with Crippen LogP contribution >= 0.6 is 0 Å². The summed E-state index contributed by atoms with van der Waals surface area (Å²) in [4.78, 5) is 4.11. The van der Waals surface area contributed by atoms with Crippen LogP contribution in [0.5, 0.6) is 0 Å². The van der Waals surface area contributed by atoms with Gasteiger partial charge in [0.1, 0.15) is 0 Å². The average Bonchev–Trinajstić information content (AvgIpc) is 2.58. The molecule has 0 aromatic carbocycles. The first-order valence-corrected chi connectivity index (χ1v) is 5.82. The van der Waals surface area contributed by atoms with Gasteiger partial charge < -0.3 is 5.43 Å². The maximum absolute atomic E-state index is 5.35. The lowest BCUT2D eigenvalue weighted by atomic mass is 10.2. The van der Waals surface area contributed by atoms with E-state index in [2.05, 4.69) is 21.3 Å². The minimum atomic E-state index is 0.819. The number of rotatable bonds is 2. The molecular weight excluding hydrogens is 198 g/mol. The lowest BCUT2D eigenvalue weighted by molar-refractivity contribution is 0.343. The van der Waals surface area contributed by atoms with Crippen LogP contribution in [0.25, 0.3) is 0 Å². The summed E-state index contributed by atoms with van der Waals surface area (Å²) in [5, 5.41) is 2.25. The van der Waals surface area contributed by atoms with E-state index in [1.54, 1.807) is 6.20 Å². The standard InChI is InChI=1S/C13H17N3/c1-2-12-9-13(11-14-10-12)15-16-7-5-3-4-6-8-16/h1,9-11,15H,3-8H2. The highest BCUT2D eigenvalue weighted by atomic mass is 15.5. The lowest BCUT2D eigenvalue weighted by Gasteiger charge is -2.21. The molecule has 0 radical (unpaired) electrons. The molecule has 0 unspecified atom stereocenters. The van der Waals surface area contributed by atoms with Crippen molar-refractivity contribution >= 4 is 5.69 Å². The predicted octanol–water partition coefficient (Wildman–Crippen LogP) is 2.27. The smallest absolute Gasteiger partial charge is 0.0685 e. The Morgan fingerprint density at radius 1 is 1.19 bits per heavy atom. The van der Waals surface area contributed by atoms with E-state index in [0.717, 1.165) is 24.3 Å². The molecule has 0 amide bonds. The summed E-state index contributed by atoms with van der Waals surface area (Å²) in [6, 6.07) is 1.96. The molecule has 0 saturated carbocycles. The van der Waals surface area contributed by atoms with Gasteiger partial charge in [-0.1, -0.05) is 18.8 Å². The van der Waals surface area contributed by atoms with Crippen molar-refractivity contribution in [3.8, 4) is 12.3 Å². The van der Waals surface area contributed by atoms with E-state index in [-0.39, 0.29) is 0 Å². The van der Waals surface area contributed by atoms with Gasteiger partial charge in [-0.15, -0.1) is 6.42 Å². The molecule has 16 heavy (non-hydrogen) atoms. The molecule has 1 fully saturated rings. The Labute approximate surface area is 96.8 Å². The third kappa shape index (κ3) is 2.98. The summed E-state index contributed by atoms with van der Waals surface area (Å²) in [5.74, 6) is 2.60. The Hall–Kier alpha value is -1.53. The summed E-state index contributed by atoms with van der Waals surface area (Å²) >= 11 is 0. The van der Waals surface area contributed by atoms with Gasteiger partial charge in [-0.05, 0) is 18.9 Å². The van der Waals surface area contributed by atoms with E-state index in [1.165, 1.54) is 25.7 Å². The highest BCUT2D eigenvalue weighted by Gasteiger charge is 2.08. The third-order valence-corrected chi connectivity index (χ3v) is 2.80. The first-order valence-electron chi connectivity index (χ1n) is 5.82. The number of hydrogen-bond donors (Lipinski definition) is 1. The van der Waals surface area contributed by atoms with Crippen molar-refractivity contribution in [3.63, 3.8) is 0 Å². The molecule has 1 aromatic heterocycles. The number of nitrogens with one attached hydrogen (secondary N) is 1. The zero-order chi connectivity index (χ0) is 11.2. The quantitative estimate of drug-likeness (QED) is 0.767. The van der Waals surface area contributed by atoms with Gasteiger partial charge in [0.15, 0.2) is 0 Å². The molecule has 0 aliphatic carbocycles. The van der Waals surface area contributed by atoms with Gasteiger partial charge in [0.05, 0.1) is 11.9 Å². The van der Waals surface area contributed by atoms with Gasteiger partial charge in [0, 0.05) is 24.8 Å². The Morgan fingerprint density at radius 2 is 1.94 bits per heavy atom. The Bertz CT molecular complexity index is 373. The highest BCUT2D eigenvalue weighted by molar-refractivity contribution is 5.46. The van der Waals surface area contributed by atoms with Crippen molar-refractivity contribution in [2.75, 3.05) is 18.5 Å². The van der Waals surface area contributed by atoms with Crippen LogP contribution < -0.4 is 5.43 Å². The van der Waals surface area contributed by atoms with E-state index in [0.29, 0.717) is 0 Å². The van der Waals surface area contributed by atoms with Crippen molar-refractivity contribution in [2.24, 2.45) is 0 Å². The fraction of sp³-hybridized carbons (Fsp3) is 0.462. The molecule has 84 valence electrons. The summed E-state index contributed by atoms with van der Waals surface area (Å²) in [5.41, 5.74) is 5.17. The maximum atomic E-state index is 5.35. The SMILES string of the molecule is C#Cc1cncc(NN2CCCCCC2)c1.